The van der Waals surface area contributed by atoms with Crippen molar-refractivity contribution in [3.8, 4) is 0 Å². The van der Waals surface area contributed by atoms with E-state index in [1.165, 1.54) is 24.2 Å². The van der Waals surface area contributed by atoms with Gasteiger partial charge in [-0.05, 0) is 194 Å². The third-order valence-electron chi connectivity index (χ3n) is 32.0. The summed E-state index contributed by atoms with van der Waals surface area (Å²) < 4.78 is 84.4. The van der Waals surface area contributed by atoms with Crippen molar-refractivity contribution in [1.82, 2.24) is 118 Å². The van der Waals surface area contributed by atoms with Gasteiger partial charge in [0.2, 0.25) is 0 Å². The summed E-state index contributed by atoms with van der Waals surface area (Å²) in [7, 11) is 0. The van der Waals surface area contributed by atoms with Gasteiger partial charge in [0.15, 0.2) is 0 Å². The monoisotopic (exact) mass is 2050 g/mol. The molecule has 34 nitrogen and oxygen atoms in total. The molecule has 16 rings (SSSR count). The summed E-state index contributed by atoms with van der Waals surface area (Å²) >= 11 is 0. The van der Waals surface area contributed by atoms with E-state index in [1.54, 1.807) is 24.5 Å². The number of amides is 16. The van der Waals surface area contributed by atoms with Gasteiger partial charge < -0.3 is 88.2 Å². The van der Waals surface area contributed by atoms with Crippen molar-refractivity contribution in [2.45, 2.75) is 293 Å². The number of morpholine rings is 1. The molecule has 16 amide bonds. The number of halogens is 6. The van der Waals surface area contributed by atoms with Gasteiger partial charge in [0.25, 0.3) is 11.8 Å². The number of aliphatic hydroxyl groups excluding tert-OH is 1. The van der Waals surface area contributed by atoms with Crippen LogP contribution in [0.1, 0.15) is 214 Å². The average Bonchev–Trinajstić information content (AvgIpc) is 0.826. The molecule has 0 aromatic heterocycles. The number of rotatable bonds is 8. The first kappa shape index (κ1) is 121. The Kier molecular flexibility index (Phi) is 50.7. The molecule has 40 heteroatoms. The van der Waals surface area contributed by atoms with Gasteiger partial charge in [0.05, 0.1) is 32.4 Å². The largest absolute Gasteiger partial charge is 0.393 e. The summed E-state index contributed by atoms with van der Waals surface area (Å²) in [5.74, 6) is -4.52. The lowest BCUT2D eigenvalue weighted by Gasteiger charge is -2.41. The highest BCUT2D eigenvalue weighted by molar-refractivity contribution is 5.78. The van der Waals surface area contributed by atoms with E-state index in [-0.39, 0.29) is 93.2 Å². The molecule has 0 saturated carbocycles. The van der Waals surface area contributed by atoms with Crippen LogP contribution in [0.3, 0.4) is 0 Å². The zero-order valence-electron chi connectivity index (χ0n) is 92.0. The Morgan fingerprint density at radius 1 is 0.229 bits per heavy atom. The second-order valence-corrected chi connectivity index (χ2v) is 44.8. The van der Waals surface area contributed by atoms with Gasteiger partial charge in [0, 0.05) is 369 Å². The van der Waals surface area contributed by atoms with Gasteiger partial charge in [-0.3, -0.25) is 39.2 Å². The van der Waals surface area contributed by atoms with Crippen LogP contribution < -0.4 is 0 Å². The number of piperazine rings is 8. The molecule has 1 atom stereocenters. The van der Waals surface area contributed by atoms with E-state index < -0.39 is 30.7 Å². The smallest absolute Gasteiger partial charge is 0.320 e. The lowest BCUT2D eigenvalue weighted by molar-refractivity contribution is -0.0566. The van der Waals surface area contributed by atoms with Crippen molar-refractivity contribution >= 4 is 48.2 Å². The Labute approximate surface area is 862 Å². The maximum absolute atomic E-state index is 13.3. The molecule has 0 radical (unpaired) electrons. The summed E-state index contributed by atoms with van der Waals surface area (Å²) in [6, 6.07) is 5.11. The Morgan fingerprint density at radius 3 is 0.722 bits per heavy atom. The van der Waals surface area contributed by atoms with E-state index >= 15 is 0 Å². The third-order valence-corrected chi connectivity index (χ3v) is 32.0. The molecule has 16 heterocycles. The zero-order chi connectivity index (χ0) is 105. The van der Waals surface area contributed by atoms with E-state index in [0.717, 1.165) is 261 Å². The minimum atomic E-state index is -2.71. The van der Waals surface area contributed by atoms with Crippen LogP contribution in [-0.2, 0) is 4.74 Å². The molecular formula is C104H194F6N24O10. The van der Waals surface area contributed by atoms with Gasteiger partial charge in [-0.25, -0.2) is 64.7 Å². The average molecular weight is 2050 g/mol. The van der Waals surface area contributed by atoms with Crippen LogP contribution >= 0.6 is 0 Å². The highest BCUT2D eigenvalue weighted by atomic mass is 19.3. The number of ether oxygens (including phenoxy) is 1. The standard InChI is InChI=1S/C14H27N3O.2C13H23F2N3O.2C13H24FN3O.C13H25N3O2.C13H25N3O.C12H23N3O2/c1-12(2)15-8-10-17(11-9-15)14(18)16-6-4-13(3)5-7-16;1-11(2)16-7-9-18(10-8-16)12(19)17-5-3-13(14,15)4-6-17;1-11(2)16-6-8-17(9-7-16)12(19)18-5-3-4-13(14,15)10-18;1-11(2)15-7-9-17(10-8-15)13(18)16-5-3-12(14)4-6-16;1-11(2)15-6-8-16(9-7-15)13(18)17-5-3-4-12(14)10-17;1-11(2)14-7-9-16(10-8-14)13(18)15-5-3-12(17)4-6-15;1-12(2)14-8-10-16(11-9-14)13(17)15-6-4-3-5-7-15;1-11(2)13-3-5-14(6-4-13)12(16)15-7-9-17-10-8-15/h12-13H,4-11H2,1-3H3;2*11H,3-10H2,1-2H3;2*11-12H,3-10H2,1-2H3;11-12,17H,3-10H2,1-2H3;12H,3-11H2,1-2H3;11H,3-10H2,1-2H3. The number of nitrogens with zero attached hydrogens (tertiary/aromatic N) is 24. The van der Waals surface area contributed by atoms with E-state index in [4.69, 9.17) is 4.74 Å². The van der Waals surface area contributed by atoms with Gasteiger partial charge in [-0.2, -0.15) is 0 Å². The van der Waals surface area contributed by atoms with Gasteiger partial charge in [-0.15, -0.1) is 0 Å². The predicted octanol–water partition coefficient (Wildman–Crippen LogP) is 11.4. The number of piperidine rings is 7. The number of alkyl halides is 6. The topological polar surface area (TPSA) is 244 Å². The molecule has 0 aromatic carbocycles. The minimum absolute atomic E-state index is 0.0285. The normalized spacial score (nSPS) is 24.3. The molecule has 16 aliphatic rings. The van der Waals surface area contributed by atoms with Crippen molar-refractivity contribution in [2.24, 2.45) is 5.92 Å². The highest BCUT2D eigenvalue weighted by Crippen LogP contribution is 2.31. The third kappa shape index (κ3) is 39.3. The fourth-order valence-corrected chi connectivity index (χ4v) is 21.4. The quantitative estimate of drug-likeness (QED) is 0.222. The first-order valence-electron chi connectivity index (χ1n) is 56.0. The molecule has 0 aliphatic carbocycles. The molecule has 0 spiro atoms. The van der Waals surface area contributed by atoms with Crippen LogP contribution in [0.15, 0.2) is 0 Å². The molecule has 832 valence electrons. The Balaban J connectivity index is 0.000000183. The first-order valence-corrected chi connectivity index (χ1v) is 56.0. The van der Waals surface area contributed by atoms with Gasteiger partial charge in [-0.1, -0.05) is 6.92 Å². The summed E-state index contributed by atoms with van der Waals surface area (Å²) in [4.78, 5) is 147. The van der Waals surface area contributed by atoms with Crippen LogP contribution in [0.25, 0.3) is 0 Å². The number of likely N-dealkylation sites (tertiary alicyclic amines) is 7. The van der Waals surface area contributed by atoms with Crippen molar-refractivity contribution < 1.29 is 74.5 Å². The van der Waals surface area contributed by atoms with Crippen LogP contribution in [0, 0.1) is 5.92 Å². The Morgan fingerprint density at radius 2 is 0.451 bits per heavy atom. The van der Waals surface area contributed by atoms with Gasteiger partial charge >= 0.3 is 48.2 Å². The van der Waals surface area contributed by atoms with Crippen molar-refractivity contribution in [3.05, 3.63) is 0 Å². The van der Waals surface area contributed by atoms with Crippen molar-refractivity contribution in [1.29, 1.82) is 0 Å². The summed E-state index contributed by atoms with van der Waals surface area (Å²) in [5.41, 5.74) is 0. The number of hydrogen-bond acceptors (Lipinski definition) is 18. The molecule has 16 aliphatic heterocycles. The fourth-order valence-electron chi connectivity index (χ4n) is 21.4. The Bertz CT molecular complexity index is 3500. The second-order valence-electron chi connectivity index (χ2n) is 44.8. The lowest BCUT2D eigenvalue weighted by Crippen LogP contribution is -2.56. The molecule has 1 unspecified atom stereocenters. The van der Waals surface area contributed by atoms with E-state index in [9.17, 15) is 69.8 Å². The SMILES string of the molecule is CC(C)N1CCN(C(=O)N2CCC(F)(F)CC2)CC1.CC(C)N1CCN(C(=O)N2CCC(F)CC2)CC1.CC(C)N1CCN(C(=O)N2CCC(O)CC2)CC1.CC(C)N1CCN(C(=O)N2CCCC(F)(F)C2)CC1.CC(C)N1CCN(C(=O)N2CCCC(F)C2)CC1.CC(C)N1CCN(C(=O)N2CCCCC2)CC1.CC(C)N1CCN(C(=O)N2CCOCC2)CC1.CC1CCN(C(=O)N2CCN(C(C)C)CC2)CC1. The molecule has 1 N–H and O–H groups in total. The number of urea groups is 8. The van der Waals surface area contributed by atoms with Crippen LogP contribution in [0.4, 0.5) is 64.7 Å². The fraction of sp³-hybridized carbons (Fsp3) is 0.923. The van der Waals surface area contributed by atoms with E-state index in [1.807, 2.05) is 49.0 Å². The Hall–Kier alpha value is -6.66. The lowest BCUT2D eigenvalue weighted by atomic mass is 9.99. The van der Waals surface area contributed by atoms with Crippen molar-refractivity contribution in [2.75, 3.05) is 327 Å². The molecule has 0 bridgehead atoms. The summed E-state index contributed by atoms with van der Waals surface area (Å²) in [6.45, 7) is 75.8. The number of carbonyl (C=O) groups is 8. The first-order chi connectivity index (χ1) is 68.4. The van der Waals surface area contributed by atoms with E-state index in [0.29, 0.717) is 153 Å². The van der Waals surface area contributed by atoms with Gasteiger partial charge in [0.1, 0.15) is 12.3 Å². The number of aliphatic hydroxyl groups is 1. The summed E-state index contributed by atoms with van der Waals surface area (Å²) in [6.07, 6.45) is 7.92. The number of carbonyl (C=O) groups excluding carboxylic acids is 8. The molecule has 144 heavy (non-hydrogen) atoms. The molecular weight excluding hydrogens is 1860 g/mol. The molecule has 16 saturated heterocycles. The number of hydrogen-bond donors (Lipinski definition) is 1. The predicted molar refractivity (Wildman–Crippen MR) is 557 cm³/mol. The second kappa shape index (κ2) is 60.4. The summed E-state index contributed by atoms with van der Waals surface area (Å²) in [5, 5.41) is 9.46. The van der Waals surface area contributed by atoms with E-state index in [2.05, 4.69) is 157 Å². The maximum Gasteiger partial charge on any atom is 0.320 e. The maximum atomic E-state index is 13.3. The molecule has 0 aromatic rings. The van der Waals surface area contributed by atoms with Crippen LogP contribution in [0.5, 0.6) is 0 Å². The molecule has 16 fully saturated rings. The van der Waals surface area contributed by atoms with Crippen molar-refractivity contribution in [3.63, 3.8) is 0 Å². The zero-order valence-corrected chi connectivity index (χ0v) is 92.0. The highest BCUT2D eigenvalue weighted by Gasteiger charge is 2.43. The minimum Gasteiger partial charge on any atom is -0.393 e. The van der Waals surface area contributed by atoms with Crippen LogP contribution in [0.2, 0.25) is 0 Å². The van der Waals surface area contributed by atoms with Crippen LogP contribution in [-0.4, -0.2) is 577 Å².